The molecule has 1 atom stereocenters. The molecule has 0 aliphatic heterocycles. The summed E-state index contributed by atoms with van der Waals surface area (Å²) < 4.78 is 0. The van der Waals surface area contributed by atoms with E-state index in [-0.39, 0.29) is 18.3 Å². The molecule has 64 valence electrons. The highest BCUT2D eigenvalue weighted by atomic mass is 35.5. The van der Waals surface area contributed by atoms with E-state index in [1.54, 1.807) is 0 Å². The van der Waals surface area contributed by atoms with Crippen molar-refractivity contribution in [2.24, 2.45) is 5.73 Å². The lowest BCUT2D eigenvalue weighted by molar-refractivity contribution is 0.757. The Kier molecular flexibility index (Phi) is 2.38. The van der Waals surface area contributed by atoms with Gasteiger partial charge in [-0.2, -0.15) is 0 Å². The van der Waals surface area contributed by atoms with E-state index < -0.39 is 0 Å². The summed E-state index contributed by atoms with van der Waals surface area (Å²) in [5.41, 5.74) is 7.97. The molecule has 0 saturated heterocycles. The molecule has 0 spiro atoms. The van der Waals surface area contributed by atoms with Crippen molar-refractivity contribution >= 4 is 18.2 Å². The Labute approximate surface area is 77.7 Å². The number of rotatable bonds is 1. The van der Waals surface area contributed by atoms with Crippen molar-refractivity contribution in [1.82, 2.24) is 0 Å². The molecule has 1 aliphatic rings. The Morgan fingerprint density at radius 1 is 1.42 bits per heavy atom. The molecule has 0 radical (unpaired) electrons. The maximum atomic E-state index is 7.26. The van der Waals surface area contributed by atoms with Crippen LogP contribution >= 0.6 is 12.4 Å². The van der Waals surface area contributed by atoms with E-state index in [0.717, 1.165) is 6.42 Å². The van der Waals surface area contributed by atoms with Crippen LogP contribution in [0.4, 0.5) is 0 Å². The molecule has 0 aromatic heterocycles. The summed E-state index contributed by atoms with van der Waals surface area (Å²) in [6, 6.07) is 8.16. The minimum Gasteiger partial charge on any atom is -0.387 e. The third-order valence-corrected chi connectivity index (χ3v) is 2.23. The lowest BCUT2D eigenvalue weighted by Crippen LogP contribution is -2.29. The summed E-state index contributed by atoms with van der Waals surface area (Å²) in [5.74, 6) is 0.495. The van der Waals surface area contributed by atoms with E-state index in [2.05, 4.69) is 6.07 Å². The molecule has 1 aromatic carbocycles. The average Bonchev–Trinajstić information content (AvgIpc) is 1.90. The van der Waals surface area contributed by atoms with Gasteiger partial charge in [0.25, 0.3) is 0 Å². The summed E-state index contributed by atoms with van der Waals surface area (Å²) in [6.45, 7) is 0. The molecule has 1 aliphatic carbocycles. The Hall–Kier alpha value is -1.02. The molecular weight excluding hydrogens is 172 g/mol. The second kappa shape index (κ2) is 3.15. The number of hydrogen-bond donors (Lipinski definition) is 2. The summed E-state index contributed by atoms with van der Waals surface area (Å²) in [4.78, 5) is 0. The van der Waals surface area contributed by atoms with E-state index in [0.29, 0.717) is 5.84 Å². The largest absolute Gasteiger partial charge is 0.387 e. The molecule has 2 rings (SSSR count). The van der Waals surface area contributed by atoms with Crippen molar-refractivity contribution in [2.45, 2.75) is 12.3 Å². The maximum absolute atomic E-state index is 7.26. The highest BCUT2D eigenvalue weighted by Crippen LogP contribution is 2.34. The number of nitrogens with two attached hydrogens (primary N) is 1. The van der Waals surface area contributed by atoms with Crippen LogP contribution in [-0.4, -0.2) is 5.84 Å². The van der Waals surface area contributed by atoms with Gasteiger partial charge in [-0.05, 0) is 17.5 Å². The monoisotopic (exact) mass is 182 g/mol. The van der Waals surface area contributed by atoms with Gasteiger partial charge in [-0.25, -0.2) is 0 Å². The van der Waals surface area contributed by atoms with Gasteiger partial charge in [-0.15, -0.1) is 12.4 Å². The zero-order valence-corrected chi connectivity index (χ0v) is 7.40. The average molecular weight is 183 g/mol. The minimum atomic E-state index is 0. The molecule has 0 saturated carbocycles. The van der Waals surface area contributed by atoms with Crippen molar-refractivity contribution in [3.63, 3.8) is 0 Å². The summed E-state index contributed by atoms with van der Waals surface area (Å²) >= 11 is 0. The lowest BCUT2D eigenvalue weighted by Gasteiger charge is -2.28. The van der Waals surface area contributed by atoms with Gasteiger partial charge in [0.15, 0.2) is 0 Å². The molecular formula is C9H11ClN2. The smallest absolute Gasteiger partial charge is 0.0985 e. The second-order valence-corrected chi connectivity index (χ2v) is 2.91. The highest BCUT2D eigenvalue weighted by Gasteiger charge is 2.27. The van der Waals surface area contributed by atoms with Crippen LogP contribution in [0.5, 0.6) is 0 Å². The predicted octanol–water partition coefficient (Wildman–Crippen LogP) is 1.68. The van der Waals surface area contributed by atoms with Crippen molar-refractivity contribution in [2.75, 3.05) is 0 Å². The fraction of sp³-hybridized carbons (Fsp3) is 0.222. The normalized spacial score (nSPS) is 18.5. The van der Waals surface area contributed by atoms with Crippen LogP contribution in [0.15, 0.2) is 24.3 Å². The number of hydrogen-bond acceptors (Lipinski definition) is 1. The highest BCUT2D eigenvalue weighted by molar-refractivity contribution is 5.87. The Balaban J connectivity index is 0.000000720. The summed E-state index contributed by atoms with van der Waals surface area (Å²) in [5, 5.41) is 7.26. The Morgan fingerprint density at radius 2 is 2.08 bits per heavy atom. The van der Waals surface area contributed by atoms with E-state index in [9.17, 15) is 0 Å². The molecule has 3 heteroatoms. The van der Waals surface area contributed by atoms with Crippen molar-refractivity contribution in [3.05, 3.63) is 35.4 Å². The number of amidine groups is 1. The molecule has 0 heterocycles. The molecule has 3 N–H and O–H groups in total. The van der Waals surface area contributed by atoms with Crippen LogP contribution < -0.4 is 5.73 Å². The molecule has 12 heavy (non-hydrogen) atoms. The van der Waals surface area contributed by atoms with E-state index in [1.807, 2.05) is 18.2 Å². The first-order valence-corrected chi connectivity index (χ1v) is 3.71. The van der Waals surface area contributed by atoms with Gasteiger partial charge >= 0.3 is 0 Å². The topological polar surface area (TPSA) is 49.9 Å². The van der Waals surface area contributed by atoms with E-state index in [4.69, 9.17) is 11.1 Å². The van der Waals surface area contributed by atoms with Gasteiger partial charge in [-0.1, -0.05) is 24.3 Å². The van der Waals surface area contributed by atoms with Crippen molar-refractivity contribution < 1.29 is 0 Å². The van der Waals surface area contributed by atoms with Crippen LogP contribution in [-0.2, 0) is 6.42 Å². The first-order chi connectivity index (χ1) is 5.29. The van der Waals surface area contributed by atoms with E-state index >= 15 is 0 Å². The van der Waals surface area contributed by atoms with Gasteiger partial charge in [0.1, 0.15) is 0 Å². The Morgan fingerprint density at radius 3 is 2.67 bits per heavy atom. The number of fused-ring (bicyclic) bond motifs is 1. The van der Waals surface area contributed by atoms with Gasteiger partial charge in [0.05, 0.1) is 5.84 Å². The fourth-order valence-corrected chi connectivity index (χ4v) is 1.54. The van der Waals surface area contributed by atoms with Crippen LogP contribution in [0.3, 0.4) is 0 Å². The second-order valence-electron chi connectivity index (χ2n) is 2.91. The quantitative estimate of drug-likeness (QED) is 0.504. The SMILES string of the molecule is Cl.N=C(N)C1Cc2ccccc21. The Bertz CT molecular complexity index is 309. The number of nitrogens with one attached hydrogen (secondary N) is 1. The first-order valence-electron chi connectivity index (χ1n) is 3.71. The standard InChI is InChI=1S/C9H10N2.ClH/c10-9(11)8-5-6-3-1-2-4-7(6)8;/h1-4,8H,5H2,(H3,10,11);1H. The molecule has 0 fully saturated rings. The number of halogens is 1. The fourth-order valence-electron chi connectivity index (χ4n) is 1.54. The van der Waals surface area contributed by atoms with Crippen LogP contribution in [0, 0.1) is 5.41 Å². The molecule has 1 aromatic rings. The molecule has 1 unspecified atom stereocenters. The van der Waals surface area contributed by atoms with Crippen molar-refractivity contribution in [1.29, 1.82) is 5.41 Å². The van der Waals surface area contributed by atoms with Gasteiger partial charge in [-0.3, -0.25) is 5.41 Å². The summed E-state index contributed by atoms with van der Waals surface area (Å²) in [7, 11) is 0. The maximum Gasteiger partial charge on any atom is 0.0985 e. The zero-order chi connectivity index (χ0) is 7.84. The third kappa shape index (κ3) is 1.18. The predicted molar refractivity (Wildman–Crippen MR) is 52.0 cm³/mol. The van der Waals surface area contributed by atoms with Crippen LogP contribution in [0.2, 0.25) is 0 Å². The third-order valence-electron chi connectivity index (χ3n) is 2.23. The van der Waals surface area contributed by atoms with Crippen LogP contribution in [0.25, 0.3) is 0 Å². The van der Waals surface area contributed by atoms with Gasteiger partial charge in [0, 0.05) is 5.92 Å². The summed E-state index contributed by atoms with van der Waals surface area (Å²) in [6.07, 6.45) is 0.950. The minimum absolute atomic E-state index is 0. The molecule has 0 bridgehead atoms. The van der Waals surface area contributed by atoms with Crippen LogP contribution in [0.1, 0.15) is 17.0 Å². The first kappa shape index (κ1) is 9.07. The van der Waals surface area contributed by atoms with Crippen molar-refractivity contribution in [3.8, 4) is 0 Å². The van der Waals surface area contributed by atoms with Gasteiger partial charge in [0.2, 0.25) is 0 Å². The van der Waals surface area contributed by atoms with Gasteiger partial charge < -0.3 is 5.73 Å². The lowest BCUT2D eigenvalue weighted by atomic mass is 9.77. The van der Waals surface area contributed by atoms with E-state index in [1.165, 1.54) is 11.1 Å². The molecule has 2 nitrogen and oxygen atoms in total. The zero-order valence-electron chi connectivity index (χ0n) is 6.58. The number of benzene rings is 1. The molecule has 0 amide bonds.